The van der Waals surface area contributed by atoms with Crippen molar-refractivity contribution in [3.8, 4) is 0 Å². The molecular weight excluding hydrogens is 195 g/mol. The molecule has 0 bridgehead atoms. The summed E-state index contributed by atoms with van der Waals surface area (Å²) in [5.74, 6) is -0.345. The normalized spacial score (nSPS) is 14.9. The summed E-state index contributed by atoms with van der Waals surface area (Å²) in [4.78, 5) is 3.75. The van der Waals surface area contributed by atoms with Crippen molar-refractivity contribution in [3.05, 3.63) is 29.8 Å². The van der Waals surface area contributed by atoms with Crippen LogP contribution in [0.5, 0.6) is 0 Å². The van der Waals surface area contributed by atoms with Crippen molar-refractivity contribution in [1.29, 1.82) is 0 Å². The lowest BCUT2D eigenvalue weighted by Gasteiger charge is -2.26. The van der Waals surface area contributed by atoms with E-state index in [1.165, 1.54) is 12.3 Å². The number of hydrogen-bond acceptors (Lipinski definition) is 3. The van der Waals surface area contributed by atoms with Gasteiger partial charge in [-0.25, -0.2) is 4.39 Å². The van der Waals surface area contributed by atoms with Crippen LogP contribution in [0.4, 0.5) is 4.39 Å². The molecule has 15 heavy (non-hydrogen) atoms. The van der Waals surface area contributed by atoms with Crippen LogP contribution in [-0.4, -0.2) is 17.1 Å². The van der Waals surface area contributed by atoms with E-state index in [0.717, 1.165) is 12.0 Å². The van der Waals surface area contributed by atoms with Crippen LogP contribution >= 0.6 is 0 Å². The molecule has 4 heteroatoms. The minimum absolute atomic E-state index is 0.340. The zero-order chi connectivity index (χ0) is 11.3. The molecule has 0 aliphatic carbocycles. The first-order chi connectivity index (χ1) is 7.09. The molecule has 2 N–H and O–H groups in total. The third-order valence-electron chi connectivity index (χ3n) is 2.53. The Labute approximate surface area is 89.5 Å². The van der Waals surface area contributed by atoms with Gasteiger partial charge in [-0.1, -0.05) is 6.92 Å². The maximum Gasteiger partial charge on any atom is 0.141 e. The van der Waals surface area contributed by atoms with Gasteiger partial charge in [-0.3, -0.25) is 4.98 Å². The standard InChI is InChI=1S/C11H17FN2O/c1-3-11(2,8-13)15-7-9-4-10(12)6-14-5-9/h4-6H,3,7-8,13H2,1-2H3. The Bertz CT molecular complexity index is 313. The molecule has 0 aliphatic heterocycles. The zero-order valence-electron chi connectivity index (χ0n) is 9.16. The van der Waals surface area contributed by atoms with Crippen LogP contribution in [0.15, 0.2) is 18.5 Å². The summed E-state index contributed by atoms with van der Waals surface area (Å²) in [7, 11) is 0. The molecule has 0 aliphatic rings. The minimum Gasteiger partial charge on any atom is -0.369 e. The summed E-state index contributed by atoms with van der Waals surface area (Å²) in [6.07, 6.45) is 3.59. The number of nitrogens with zero attached hydrogens (tertiary/aromatic N) is 1. The van der Waals surface area contributed by atoms with Crippen LogP contribution in [0.1, 0.15) is 25.8 Å². The number of nitrogens with two attached hydrogens (primary N) is 1. The largest absolute Gasteiger partial charge is 0.369 e. The summed E-state index contributed by atoms with van der Waals surface area (Å²) >= 11 is 0. The van der Waals surface area contributed by atoms with Gasteiger partial charge in [0.1, 0.15) is 5.82 Å². The highest BCUT2D eigenvalue weighted by molar-refractivity contribution is 5.08. The van der Waals surface area contributed by atoms with Crippen molar-refractivity contribution in [2.24, 2.45) is 5.73 Å². The highest BCUT2D eigenvalue weighted by Crippen LogP contribution is 2.16. The first-order valence-corrected chi connectivity index (χ1v) is 5.03. The number of hydrogen-bond donors (Lipinski definition) is 1. The number of pyridine rings is 1. The summed E-state index contributed by atoms with van der Waals surface area (Å²) in [6.45, 7) is 4.74. The Morgan fingerprint density at radius 1 is 1.53 bits per heavy atom. The van der Waals surface area contributed by atoms with Crippen LogP contribution in [0.2, 0.25) is 0 Å². The van der Waals surface area contributed by atoms with Crippen molar-refractivity contribution in [2.45, 2.75) is 32.5 Å². The number of rotatable bonds is 5. The Morgan fingerprint density at radius 2 is 2.27 bits per heavy atom. The van der Waals surface area contributed by atoms with Gasteiger partial charge in [-0.15, -0.1) is 0 Å². The predicted molar refractivity (Wildman–Crippen MR) is 56.7 cm³/mol. The van der Waals surface area contributed by atoms with E-state index < -0.39 is 0 Å². The quantitative estimate of drug-likeness (QED) is 0.810. The summed E-state index contributed by atoms with van der Waals surface area (Å²) in [6, 6.07) is 1.42. The van der Waals surface area contributed by atoms with Crippen molar-refractivity contribution < 1.29 is 9.13 Å². The van der Waals surface area contributed by atoms with E-state index >= 15 is 0 Å². The Kier molecular flexibility index (Phi) is 4.17. The maximum absolute atomic E-state index is 12.8. The number of aromatic nitrogens is 1. The van der Waals surface area contributed by atoms with Gasteiger partial charge in [0, 0.05) is 12.7 Å². The molecule has 84 valence electrons. The molecule has 1 heterocycles. The fourth-order valence-electron chi connectivity index (χ4n) is 1.10. The van der Waals surface area contributed by atoms with E-state index in [9.17, 15) is 4.39 Å². The molecule has 0 saturated carbocycles. The first kappa shape index (κ1) is 12.1. The van der Waals surface area contributed by atoms with Crippen molar-refractivity contribution in [2.75, 3.05) is 6.54 Å². The van der Waals surface area contributed by atoms with Crippen molar-refractivity contribution in [3.63, 3.8) is 0 Å². The summed E-state index contributed by atoms with van der Waals surface area (Å²) in [5, 5.41) is 0. The third kappa shape index (κ3) is 3.57. The molecule has 0 radical (unpaired) electrons. The Hall–Kier alpha value is -1.00. The Morgan fingerprint density at radius 3 is 2.80 bits per heavy atom. The molecule has 0 aromatic carbocycles. The molecule has 0 spiro atoms. The number of ether oxygens (including phenoxy) is 1. The van der Waals surface area contributed by atoms with Gasteiger partial charge in [0.05, 0.1) is 18.4 Å². The van der Waals surface area contributed by atoms with E-state index in [0.29, 0.717) is 13.2 Å². The average Bonchev–Trinajstić information content (AvgIpc) is 2.26. The molecule has 0 fully saturated rings. The minimum atomic E-state index is -0.345. The van der Waals surface area contributed by atoms with E-state index in [1.807, 2.05) is 13.8 Å². The second-order valence-corrected chi connectivity index (χ2v) is 3.81. The molecule has 1 aromatic rings. The van der Waals surface area contributed by atoms with E-state index in [4.69, 9.17) is 10.5 Å². The molecule has 0 amide bonds. The van der Waals surface area contributed by atoms with Gasteiger partial charge in [0.15, 0.2) is 0 Å². The molecule has 1 rings (SSSR count). The van der Waals surface area contributed by atoms with Gasteiger partial charge in [0.2, 0.25) is 0 Å². The second-order valence-electron chi connectivity index (χ2n) is 3.81. The molecule has 1 unspecified atom stereocenters. The van der Waals surface area contributed by atoms with Crippen molar-refractivity contribution in [1.82, 2.24) is 4.98 Å². The van der Waals surface area contributed by atoms with Crippen LogP contribution < -0.4 is 5.73 Å². The van der Waals surface area contributed by atoms with Crippen LogP contribution in [0, 0.1) is 5.82 Å². The maximum atomic E-state index is 12.8. The van der Waals surface area contributed by atoms with E-state index in [-0.39, 0.29) is 11.4 Å². The van der Waals surface area contributed by atoms with Gasteiger partial charge >= 0.3 is 0 Å². The molecule has 0 saturated heterocycles. The van der Waals surface area contributed by atoms with Crippen molar-refractivity contribution >= 4 is 0 Å². The lowest BCUT2D eigenvalue weighted by Crippen LogP contribution is -2.36. The molecule has 1 aromatic heterocycles. The lowest BCUT2D eigenvalue weighted by molar-refractivity contribution is -0.0389. The fourth-order valence-corrected chi connectivity index (χ4v) is 1.10. The highest BCUT2D eigenvalue weighted by atomic mass is 19.1. The fraction of sp³-hybridized carbons (Fsp3) is 0.545. The Balaban J connectivity index is 2.56. The topological polar surface area (TPSA) is 48.1 Å². The average molecular weight is 212 g/mol. The van der Waals surface area contributed by atoms with E-state index in [2.05, 4.69) is 4.98 Å². The SMILES string of the molecule is CCC(C)(CN)OCc1cncc(F)c1. The van der Waals surface area contributed by atoms with Crippen LogP contribution in [0.25, 0.3) is 0 Å². The van der Waals surface area contributed by atoms with Gasteiger partial charge in [-0.05, 0) is 25.0 Å². The number of halogens is 1. The van der Waals surface area contributed by atoms with Crippen LogP contribution in [0.3, 0.4) is 0 Å². The molecular formula is C11H17FN2O. The van der Waals surface area contributed by atoms with Gasteiger partial charge < -0.3 is 10.5 Å². The van der Waals surface area contributed by atoms with Gasteiger partial charge in [0.25, 0.3) is 0 Å². The second kappa shape index (κ2) is 5.19. The predicted octanol–water partition coefficient (Wildman–Crippen LogP) is 1.86. The molecule has 1 atom stereocenters. The zero-order valence-corrected chi connectivity index (χ0v) is 9.16. The van der Waals surface area contributed by atoms with Crippen LogP contribution in [-0.2, 0) is 11.3 Å². The van der Waals surface area contributed by atoms with E-state index in [1.54, 1.807) is 6.20 Å². The lowest BCUT2D eigenvalue weighted by atomic mass is 10.0. The smallest absolute Gasteiger partial charge is 0.141 e. The summed E-state index contributed by atoms with van der Waals surface area (Å²) < 4.78 is 18.4. The molecule has 3 nitrogen and oxygen atoms in total. The third-order valence-corrected chi connectivity index (χ3v) is 2.53. The first-order valence-electron chi connectivity index (χ1n) is 5.03. The summed E-state index contributed by atoms with van der Waals surface area (Å²) in [5.41, 5.74) is 5.98. The monoisotopic (exact) mass is 212 g/mol. The van der Waals surface area contributed by atoms with Gasteiger partial charge in [-0.2, -0.15) is 0 Å². The highest BCUT2D eigenvalue weighted by Gasteiger charge is 2.20.